The minimum Gasteiger partial charge on any atom is -0.491 e. The molecular formula is C33H36ClNO4. The molecule has 6 heteroatoms. The molecular weight excluding hydrogens is 510 g/mol. The summed E-state index contributed by atoms with van der Waals surface area (Å²) in [4.78, 5) is 26.1. The molecule has 204 valence electrons. The van der Waals surface area contributed by atoms with E-state index in [9.17, 15) is 14.7 Å². The summed E-state index contributed by atoms with van der Waals surface area (Å²) in [5, 5.41) is 9.75. The van der Waals surface area contributed by atoms with Gasteiger partial charge in [0.15, 0.2) is 11.6 Å². The lowest BCUT2D eigenvalue weighted by Gasteiger charge is -2.16. The van der Waals surface area contributed by atoms with Crippen molar-refractivity contribution >= 4 is 23.2 Å². The van der Waals surface area contributed by atoms with Crippen molar-refractivity contribution in [1.82, 2.24) is 4.90 Å². The van der Waals surface area contributed by atoms with Gasteiger partial charge < -0.3 is 14.7 Å². The molecule has 0 spiro atoms. The molecule has 0 bridgehead atoms. The van der Waals surface area contributed by atoms with Crippen LogP contribution in [0.25, 0.3) is 0 Å². The highest BCUT2D eigenvalue weighted by atomic mass is 35.5. The van der Waals surface area contributed by atoms with Gasteiger partial charge in [0.2, 0.25) is 0 Å². The number of ether oxygens (including phenoxy) is 1. The molecule has 1 unspecified atom stereocenters. The summed E-state index contributed by atoms with van der Waals surface area (Å²) in [6, 6.07) is 33.1. The second-order valence-corrected chi connectivity index (χ2v) is 9.01. The van der Waals surface area contributed by atoms with Crippen molar-refractivity contribution in [1.29, 1.82) is 0 Å². The lowest BCUT2D eigenvalue weighted by Crippen LogP contribution is -2.30. The van der Waals surface area contributed by atoms with Gasteiger partial charge >= 0.3 is 0 Å². The molecule has 0 saturated heterocycles. The van der Waals surface area contributed by atoms with Gasteiger partial charge in [0.1, 0.15) is 18.5 Å². The summed E-state index contributed by atoms with van der Waals surface area (Å²) < 4.78 is 5.52. The second-order valence-electron chi connectivity index (χ2n) is 9.01. The summed E-state index contributed by atoms with van der Waals surface area (Å²) in [7, 11) is 3.79. The van der Waals surface area contributed by atoms with Gasteiger partial charge in [-0.25, -0.2) is 0 Å². The van der Waals surface area contributed by atoms with Crippen LogP contribution in [0.3, 0.4) is 0 Å². The van der Waals surface area contributed by atoms with Crippen molar-refractivity contribution < 1.29 is 19.4 Å². The molecule has 4 aromatic rings. The van der Waals surface area contributed by atoms with E-state index in [-0.39, 0.29) is 18.2 Å². The Labute approximate surface area is 236 Å². The van der Waals surface area contributed by atoms with Crippen LogP contribution in [0.4, 0.5) is 0 Å². The molecule has 0 aliphatic rings. The van der Waals surface area contributed by atoms with Crippen LogP contribution >= 0.6 is 11.6 Å². The van der Waals surface area contributed by atoms with E-state index < -0.39 is 6.10 Å². The second kappa shape index (κ2) is 16.9. The Morgan fingerprint density at radius 3 is 1.49 bits per heavy atom. The number of halogens is 1. The van der Waals surface area contributed by atoms with Crippen LogP contribution in [0.5, 0.6) is 5.75 Å². The molecule has 1 N–H and O–H groups in total. The third-order valence-corrected chi connectivity index (χ3v) is 5.52. The van der Waals surface area contributed by atoms with E-state index >= 15 is 0 Å². The number of carbonyl (C=O) groups is 2. The Hall–Kier alpha value is -3.77. The summed E-state index contributed by atoms with van der Waals surface area (Å²) >= 11 is 4.64. The molecule has 0 amide bonds. The quantitative estimate of drug-likeness (QED) is 0.197. The zero-order chi connectivity index (χ0) is 28.6. The van der Waals surface area contributed by atoms with E-state index in [0.29, 0.717) is 23.4 Å². The number of ketones is 2. The molecule has 0 saturated carbocycles. The zero-order valence-electron chi connectivity index (χ0n) is 22.9. The lowest BCUT2D eigenvalue weighted by atomic mass is 10.0. The molecule has 39 heavy (non-hydrogen) atoms. The maximum Gasteiger partial charge on any atom is 0.193 e. The minimum atomic E-state index is -0.541. The number of hydrogen-bond donors (Lipinski definition) is 1. The maximum atomic E-state index is 12.3. The highest BCUT2D eigenvalue weighted by Gasteiger charge is 2.10. The van der Waals surface area contributed by atoms with Crippen molar-refractivity contribution in [2.75, 3.05) is 33.6 Å². The number of aliphatic hydroxyl groups is 1. The Morgan fingerprint density at radius 2 is 1.08 bits per heavy atom. The van der Waals surface area contributed by atoms with Crippen LogP contribution in [0.1, 0.15) is 37.4 Å². The number of hydrogen-bond acceptors (Lipinski definition) is 5. The van der Waals surface area contributed by atoms with Crippen molar-refractivity contribution in [3.63, 3.8) is 0 Å². The smallest absolute Gasteiger partial charge is 0.193 e. The normalized spacial score (nSPS) is 10.8. The fourth-order valence-corrected chi connectivity index (χ4v) is 3.59. The molecule has 0 aromatic heterocycles. The molecule has 0 radical (unpaired) electrons. The number of rotatable bonds is 9. The van der Waals surface area contributed by atoms with Crippen molar-refractivity contribution in [2.45, 2.75) is 13.0 Å². The Morgan fingerprint density at radius 1 is 0.692 bits per heavy atom. The highest BCUT2D eigenvalue weighted by molar-refractivity contribution is 6.15. The standard InChI is InChI=1S/C18H21NO3.C14H12O.CH3Cl/c1-19(2)12-16(20)13-22-17-10-8-15(9-11-17)18(21)14-6-4-3-5-7-14;1-11-7-9-13(10-8-11)14(15)12-5-3-2-4-6-12;1-2/h3-11,16,20H,12-13H2,1-2H3;2-10H,1H3;1H3. The number of aliphatic hydroxyl groups excluding tert-OH is 1. The lowest BCUT2D eigenvalue weighted by molar-refractivity contribution is 0.0830. The van der Waals surface area contributed by atoms with Gasteiger partial charge in [-0.05, 0) is 45.3 Å². The van der Waals surface area contributed by atoms with Gasteiger partial charge in [-0.3, -0.25) is 9.59 Å². The first-order valence-corrected chi connectivity index (χ1v) is 13.3. The van der Waals surface area contributed by atoms with E-state index in [0.717, 1.165) is 11.1 Å². The Kier molecular flexibility index (Phi) is 13.7. The van der Waals surface area contributed by atoms with Crippen LogP contribution in [0.15, 0.2) is 109 Å². The van der Waals surface area contributed by atoms with Crippen LogP contribution in [-0.2, 0) is 0 Å². The van der Waals surface area contributed by atoms with Gasteiger partial charge in [0, 0.05) is 35.2 Å². The first kappa shape index (κ1) is 31.4. The monoisotopic (exact) mass is 545 g/mol. The molecule has 4 rings (SSSR count). The molecule has 0 aliphatic carbocycles. The molecule has 0 heterocycles. The van der Waals surface area contributed by atoms with E-state index in [1.807, 2.05) is 98.7 Å². The van der Waals surface area contributed by atoms with E-state index in [1.54, 1.807) is 36.4 Å². The van der Waals surface area contributed by atoms with Crippen molar-refractivity contribution in [3.05, 3.63) is 137 Å². The molecule has 1 atom stereocenters. The van der Waals surface area contributed by atoms with Crippen LogP contribution in [0, 0.1) is 6.92 Å². The summed E-state index contributed by atoms with van der Waals surface area (Å²) in [5.41, 5.74) is 3.93. The van der Waals surface area contributed by atoms with Crippen molar-refractivity contribution in [2.24, 2.45) is 0 Å². The van der Waals surface area contributed by atoms with Crippen LogP contribution < -0.4 is 4.74 Å². The first-order chi connectivity index (χ1) is 18.8. The number of likely N-dealkylation sites (N-methyl/N-ethyl adjacent to an activating group) is 1. The Balaban J connectivity index is 0.000000273. The fourth-order valence-electron chi connectivity index (χ4n) is 3.59. The fraction of sp³-hybridized carbons (Fsp3) is 0.212. The van der Waals surface area contributed by atoms with Gasteiger partial charge in [-0.2, -0.15) is 0 Å². The van der Waals surface area contributed by atoms with Crippen LogP contribution in [-0.4, -0.2) is 61.3 Å². The third-order valence-electron chi connectivity index (χ3n) is 5.52. The number of nitrogens with zero attached hydrogens (tertiary/aromatic N) is 1. The molecule has 0 fully saturated rings. The summed E-state index contributed by atoms with van der Waals surface area (Å²) in [6.07, 6.45) is 0.931. The van der Waals surface area contributed by atoms with Crippen LogP contribution in [0.2, 0.25) is 0 Å². The number of alkyl halides is 1. The third kappa shape index (κ3) is 10.9. The average Bonchev–Trinajstić information content (AvgIpc) is 2.98. The molecule has 0 aliphatic heterocycles. The molecule has 4 aromatic carbocycles. The topological polar surface area (TPSA) is 66.8 Å². The number of benzene rings is 4. The highest BCUT2D eigenvalue weighted by Crippen LogP contribution is 2.16. The predicted octanol–water partition coefficient (Wildman–Crippen LogP) is 6.30. The maximum absolute atomic E-state index is 12.3. The zero-order valence-corrected chi connectivity index (χ0v) is 23.6. The Bertz CT molecular complexity index is 1260. The van der Waals surface area contributed by atoms with Gasteiger partial charge in [0.25, 0.3) is 0 Å². The SMILES string of the molecule is CCl.CN(C)CC(O)COc1ccc(C(=O)c2ccccc2)cc1.Cc1ccc(C(=O)c2ccccc2)cc1. The van der Waals surface area contributed by atoms with Gasteiger partial charge in [0.05, 0.1) is 0 Å². The van der Waals surface area contributed by atoms with Gasteiger partial charge in [-0.15, -0.1) is 11.6 Å². The first-order valence-electron chi connectivity index (χ1n) is 12.5. The molecule has 5 nitrogen and oxygen atoms in total. The van der Waals surface area contributed by atoms with Gasteiger partial charge in [-0.1, -0.05) is 90.5 Å². The largest absolute Gasteiger partial charge is 0.491 e. The number of aryl methyl sites for hydroxylation is 1. The van der Waals surface area contributed by atoms with Crippen molar-refractivity contribution in [3.8, 4) is 5.75 Å². The predicted molar refractivity (Wildman–Crippen MR) is 159 cm³/mol. The average molecular weight is 546 g/mol. The minimum absolute atomic E-state index is 0.0141. The van der Waals surface area contributed by atoms with E-state index in [1.165, 1.54) is 11.9 Å². The van der Waals surface area contributed by atoms with E-state index in [2.05, 4.69) is 11.6 Å². The summed E-state index contributed by atoms with van der Waals surface area (Å²) in [5.74, 6) is 0.706. The van der Waals surface area contributed by atoms with E-state index in [4.69, 9.17) is 4.74 Å². The number of carbonyl (C=O) groups excluding carboxylic acids is 2. The summed E-state index contributed by atoms with van der Waals surface area (Å²) in [6.45, 7) is 2.78.